The minimum absolute atomic E-state index is 0.0417. The molecule has 0 saturated heterocycles. The van der Waals surface area contributed by atoms with Gasteiger partial charge in [-0.25, -0.2) is 4.79 Å². The molecule has 2 N–H and O–H groups in total. The molecule has 1 amide bonds. The Balaban J connectivity index is 1.80. The molecule has 2 aromatic carbocycles. The molecule has 0 atom stereocenters. The fourth-order valence-electron chi connectivity index (χ4n) is 2.53. The van der Waals surface area contributed by atoms with Crippen LogP contribution in [-0.2, 0) is 11.3 Å². The topological polar surface area (TPSA) is 84.0 Å². The average Bonchev–Trinajstić information content (AvgIpc) is 2.53. The van der Waals surface area contributed by atoms with Gasteiger partial charge in [0, 0.05) is 28.7 Å². The molecule has 0 spiro atoms. The van der Waals surface area contributed by atoms with Crippen LogP contribution in [0.2, 0.25) is 10.0 Å². The number of carbonyl (C=O) groups is 1. The maximum atomic E-state index is 12.1. The highest BCUT2D eigenvalue weighted by molar-refractivity contribution is 6.35. The van der Waals surface area contributed by atoms with Crippen molar-refractivity contribution in [3.63, 3.8) is 0 Å². The molecule has 0 radical (unpaired) electrons. The normalized spacial score (nSPS) is 10.8. The van der Waals surface area contributed by atoms with E-state index in [1.807, 2.05) is 0 Å². The van der Waals surface area contributed by atoms with Crippen molar-refractivity contribution in [1.29, 1.82) is 0 Å². The number of halogens is 2. The molecule has 1 aromatic heterocycles. The van der Waals surface area contributed by atoms with Gasteiger partial charge >= 0.3 is 5.69 Å². The van der Waals surface area contributed by atoms with Crippen LogP contribution in [0, 0.1) is 0 Å². The lowest BCUT2D eigenvalue weighted by molar-refractivity contribution is -0.116. The van der Waals surface area contributed by atoms with Gasteiger partial charge in [0.2, 0.25) is 5.91 Å². The lowest BCUT2D eigenvalue weighted by atomic mass is 10.2. The van der Waals surface area contributed by atoms with E-state index in [2.05, 4.69) is 10.3 Å². The number of aryl methyl sites for hydroxylation is 1. The molecule has 0 aliphatic rings. The van der Waals surface area contributed by atoms with E-state index in [0.717, 1.165) is 0 Å². The first-order valence-electron chi connectivity index (χ1n) is 7.42. The van der Waals surface area contributed by atoms with E-state index in [0.29, 0.717) is 26.6 Å². The van der Waals surface area contributed by atoms with Crippen LogP contribution in [0.15, 0.2) is 52.1 Å². The van der Waals surface area contributed by atoms with Crippen LogP contribution in [0.25, 0.3) is 10.9 Å². The molecule has 0 bridgehead atoms. The predicted molar refractivity (Wildman–Crippen MR) is 98.5 cm³/mol. The van der Waals surface area contributed by atoms with Crippen LogP contribution < -0.4 is 16.6 Å². The lowest BCUT2D eigenvalue weighted by Gasteiger charge is -2.10. The Labute approximate surface area is 152 Å². The zero-order valence-corrected chi connectivity index (χ0v) is 14.4. The fourth-order valence-corrected chi connectivity index (χ4v) is 3.05. The second-order valence-electron chi connectivity index (χ2n) is 5.38. The largest absolute Gasteiger partial charge is 0.328 e. The minimum Gasteiger partial charge on any atom is -0.326 e. The molecule has 0 saturated carbocycles. The number of rotatable bonds is 4. The number of nitrogens with zero attached hydrogens (tertiary/aromatic N) is 1. The number of anilines is 1. The van der Waals surface area contributed by atoms with Gasteiger partial charge in [-0.15, -0.1) is 0 Å². The van der Waals surface area contributed by atoms with Gasteiger partial charge in [-0.3, -0.25) is 19.1 Å². The summed E-state index contributed by atoms with van der Waals surface area (Å²) in [6.45, 7) is 0.121. The van der Waals surface area contributed by atoms with Crippen LogP contribution in [0.1, 0.15) is 6.42 Å². The van der Waals surface area contributed by atoms with Gasteiger partial charge < -0.3 is 5.32 Å². The Morgan fingerprint density at radius 2 is 1.76 bits per heavy atom. The second kappa shape index (κ2) is 7.13. The predicted octanol–water partition coefficient (Wildman–Crippen LogP) is 3.03. The van der Waals surface area contributed by atoms with E-state index >= 15 is 0 Å². The van der Waals surface area contributed by atoms with Crippen molar-refractivity contribution >= 4 is 45.7 Å². The molecule has 1 heterocycles. The maximum absolute atomic E-state index is 12.1. The first-order valence-corrected chi connectivity index (χ1v) is 8.17. The molecule has 0 aliphatic heterocycles. The Morgan fingerprint density at radius 1 is 1.08 bits per heavy atom. The number of amides is 1. The van der Waals surface area contributed by atoms with Gasteiger partial charge in [0.1, 0.15) is 0 Å². The van der Waals surface area contributed by atoms with E-state index in [4.69, 9.17) is 23.2 Å². The summed E-state index contributed by atoms with van der Waals surface area (Å²) in [5, 5.41) is 3.89. The number of carbonyl (C=O) groups excluding carboxylic acids is 1. The quantitative estimate of drug-likeness (QED) is 0.732. The number of H-pyrrole nitrogens is 1. The monoisotopic (exact) mass is 377 g/mol. The lowest BCUT2D eigenvalue weighted by Crippen LogP contribution is -2.31. The molecule has 8 heteroatoms. The van der Waals surface area contributed by atoms with E-state index in [9.17, 15) is 14.4 Å². The molecule has 6 nitrogen and oxygen atoms in total. The van der Waals surface area contributed by atoms with E-state index < -0.39 is 11.2 Å². The number of aromatic amines is 1. The molecule has 3 rings (SSSR count). The first-order chi connectivity index (χ1) is 11.9. The van der Waals surface area contributed by atoms with Crippen molar-refractivity contribution in [2.75, 3.05) is 5.32 Å². The van der Waals surface area contributed by atoms with E-state index in [1.165, 1.54) is 4.57 Å². The van der Waals surface area contributed by atoms with Gasteiger partial charge in [-0.1, -0.05) is 35.3 Å². The number of para-hydroxylation sites is 1. The van der Waals surface area contributed by atoms with Gasteiger partial charge in [0.25, 0.3) is 5.56 Å². The molecule has 0 aliphatic carbocycles. The molecular formula is C17H13Cl2N3O3. The third kappa shape index (κ3) is 3.92. The standard InChI is InChI=1S/C17H13Cl2N3O3/c18-10-7-11(19)9-12(8-10)20-15(23)5-6-22-14-4-2-1-3-13(14)16(24)21-17(22)25/h1-4,7-9H,5-6H2,(H,20,23)(H,21,24,25). The van der Waals surface area contributed by atoms with Crippen molar-refractivity contribution in [3.05, 3.63) is 73.3 Å². The Bertz CT molecular complexity index is 1050. The third-order valence-corrected chi connectivity index (χ3v) is 4.05. The highest BCUT2D eigenvalue weighted by Gasteiger charge is 2.09. The summed E-state index contributed by atoms with van der Waals surface area (Å²) >= 11 is 11.8. The number of hydrogen-bond donors (Lipinski definition) is 2. The van der Waals surface area contributed by atoms with Gasteiger partial charge in [0.15, 0.2) is 0 Å². The van der Waals surface area contributed by atoms with Crippen LogP contribution in [0.5, 0.6) is 0 Å². The van der Waals surface area contributed by atoms with Crippen LogP contribution in [0.4, 0.5) is 5.69 Å². The highest BCUT2D eigenvalue weighted by Crippen LogP contribution is 2.22. The van der Waals surface area contributed by atoms with Gasteiger partial charge in [-0.2, -0.15) is 0 Å². The van der Waals surface area contributed by atoms with Gasteiger partial charge in [-0.05, 0) is 30.3 Å². The Hall–Kier alpha value is -2.57. The van der Waals surface area contributed by atoms with Crippen molar-refractivity contribution in [2.24, 2.45) is 0 Å². The number of aromatic nitrogens is 2. The van der Waals surface area contributed by atoms with E-state index in [-0.39, 0.29) is 18.9 Å². The second-order valence-corrected chi connectivity index (χ2v) is 6.26. The summed E-state index contributed by atoms with van der Waals surface area (Å²) in [6.07, 6.45) is 0.0417. The fraction of sp³-hybridized carbons (Fsp3) is 0.118. The van der Waals surface area contributed by atoms with Crippen LogP contribution in [0.3, 0.4) is 0 Å². The van der Waals surface area contributed by atoms with Crippen LogP contribution in [-0.4, -0.2) is 15.5 Å². The van der Waals surface area contributed by atoms with Crippen molar-refractivity contribution < 1.29 is 4.79 Å². The Morgan fingerprint density at radius 3 is 2.48 bits per heavy atom. The zero-order valence-electron chi connectivity index (χ0n) is 12.9. The number of nitrogens with one attached hydrogen (secondary N) is 2. The number of fused-ring (bicyclic) bond motifs is 1. The molecular weight excluding hydrogens is 365 g/mol. The number of benzene rings is 2. The van der Waals surface area contributed by atoms with Crippen molar-refractivity contribution in [2.45, 2.75) is 13.0 Å². The highest BCUT2D eigenvalue weighted by atomic mass is 35.5. The summed E-state index contributed by atoms with van der Waals surface area (Å²) < 4.78 is 1.36. The van der Waals surface area contributed by atoms with Gasteiger partial charge in [0.05, 0.1) is 10.9 Å². The smallest absolute Gasteiger partial charge is 0.326 e. The molecule has 25 heavy (non-hydrogen) atoms. The SMILES string of the molecule is O=C(CCn1c(=O)[nH]c(=O)c2ccccc21)Nc1cc(Cl)cc(Cl)c1. The summed E-state index contributed by atoms with van der Waals surface area (Å²) in [6, 6.07) is 11.4. The van der Waals surface area contributed by atoms with Crippen LogP contribution >= 0.6 is 23.2 Å². The molecule has 0 unspecified atom stereocenters. The van der Waals surface area contributed by atoms with Crippen molar-refractivity contribution in [3.8, 4) is 0 Å². The summed E-state index contributed by atoms with van der Waals surface area (Å²) in [4.78, 5) is 38.3. The third-order valence-electron chi connectivity index (χ3n) is 3.61. The minimum atomic E-state index is -0.553. The summed E-state index contributed by atoms with van der Waals surface area (Å²) in [5.74, 6) is -0.305. The zero-order chi connectivity index (χ0) is 18.0. The molecule has 0 fully saturated rings. The average molecular weight is 378 g/mol. The Kier molecular flexibility index (Phi) is 4.92. The molecule has 3 aromatic rings. The number of hydrogen-bond acceptors (Lipinski definition) is 3. The van der Waals surface area contributed by atoms with Crippen molar-refractivity contribution in [1.82, 2.24) is 9.55 Å². The first kappa shape index (κ1) is 17.3. The molecule has 128 valence electrons. The van der Waals surface area contributed by atoms with E-state index in [1.54, 1.807) is 42.5 Å². The summed E-state index contributed by atoms with van der Waals surface area (Å²) in [7, 11) is 0. The maximum Gasteiger partial charge on any atom is 0.328 e. The summed E-state index contributed by atoms with van der Waals surface area (Å²) in [5.41, 5.74) is -0.0480.